The normalized spacial score (nSPS) is 16.9. The number of nitrogens with two attached hydrogens (primary N) is 1. The maximum atomic E-state index is 6.10. The third kappa shape index (κ3) is 3.71. The van der Waals surface area contributed by atoms with Crippen molar-refractivity contribution >= 4 is 15.9 Å². The van der Waals surface area contributed by atoms with Crippen LogP contribution in [0.3, 0.4) is 0 Å². The molecule has 1 aliphatic carbocycles. The summed E-state index contributed by atoms with van der Waals surface area (Å²) in [6, 6.07) is 6.58. The summed E-state index contributed by atoms with van der Waals surface area (Å²) in [4.78, 5) is 0. The summed E-state index contributed by atoms with van der Waals surface area (Å²) in [6.45, 7) is 0. The van der Waals surface area contributed by atoms with E-state index in [1.54, 1.807) is 7.11 Å². The number of hydrogen-bond acceptors (Lipinski definition) is 2. The van der Waals surface area contributed by atoms with Gasteiger partial charge in [-0.15, -0.1) is 0 Å². The fourth-order valence-electron chi connectivity index (χ4n) is 2.23. The van der Waals surface area contributed by atoms with Crippen LogP contribution in [0.25, 0.3) is 0 Å². The summed E-state index contributed by atoms with van der Waals surface area (Å²) in [7, 11) is 1.72. The summed E-state index contributed by atoms with van der Waals surface area (Å²) < 4.78 is 6.48. The molecule has 0 aromatic heterocycles. The molecule has 2 N–H and O–H groups in total. The quantitative estimate of drug-likeness (QED) is 0.872. The van der Waals surface area contributed by atoms with Crippen molar-refractivity contribution in [3.05, 3.63) is 28.2 Å². The number of benzene rings is 1. The van der Waals surface area contributed by atoms with E-state index in [-0.39, 0.29) is 0 Å². The molecular weight excluding hydrogens is 278 g/mol. The van der Waals surface area contributed by atoms with Crippen molar-refractivity contribution in [2.75, 3.05) is 7.11 Å². The van der Waals surface area contributed by atoms with Crippen molar-refractivity contribution < 1.29 is 4.74 Å². The van der Waals surface area contributed by atoms with Crippen LogP contribution in [0.4, 0.5) is 0 Å². The van der Waals surface area contributed by atoms with E-state index < -0.39 is 0 Å². The average Bonchev–Trinajstić information content (AvgIpc) is 3.13. The molecular formula is C14H20BrNO. The van der Waals surface area contributed by atoms with E-state index >= 15 is 0 Å². The van der Waals surface area contributed by atoms with Crippen LogP contribution in [0.2, 0.25) is 0 Å². The van der Waals surface area contributed by atoms with Crippen LogP contribution < -0.4 is 10.5 Å². The Bertz CT molecular complexity index is 376. The number of halogens is 1. The zero-order chi connectivity index (χ0) is 12.3. The molecule has 3 heteroatoms. The molecule has 2 rings (SSSR count). The van der Waals surface area contributed by atoms with Crippen LogP contribution >= 0.6 is 15.9 Å². The highest BCUT2D eigenvalue weighted by Crippen LogP contribution is 2.33. The van der Waals surface area contributed by atoms with Crippen LogP contribution in [-0.4, -0.2) is 13.2 Å². The molecule has 0 heterocycles. The lowest BCUT2D eigenvalue weighted by Crippen LogP contribution is -2.22. The molecule has 1 unspecified atom stereocenters. The Morgan fingerprint density at radius 1 is 1.47 bits per heavy atom. The smallest absolute Gasteiger partial charge is 0.122 e. The van der Waals surface area contributed by atoms with E-state index in [0.717, 1.165) is 35.4 Å². The fourth-order valence-corrected chi connectivity index (χ4v) is 2.64. The van der Waals surface area contributed by atoms with Gasteiger partial charge < -0.3 is 10.5 Å². The molecule has 1 saturated carbocycles. The van der Waals surface area contributed by atoms with Crippen molar-refractivity contribution in [2.24, 2.45) is 11.7 Å². The molecule has 0 aliphatic heterocycles. The van der Waals surface area contributed by atoms with E-state index in [1.807, 2.05) is 12.1 Å². The molecule has 0 amide bonds. The molecule has 1 aromatic rings. The molecule has 2 nitrogen and oxygen atoms in total. The van der Waals surface area contributed by atoms with Gasteiger partial charge in [-0.1, -0.05) is 15.9 Å². The Balaban J connectivity index is 1.86. The van der Waals surface area contributed by atoms with Crippen molar-refractivity contribution in [2.45, 2.75) is 38.1 Å². The SMILES string of the molecule is COc1ccc(Br)cc1CCCC(N)C1CC1. The van der Waals surface area contributed by atoms with E-state index in [1.165, 1.54) is 18.4 Å². The molecule has 0 spiro atoms. The van der Waals surface area contributed by atoms with Gasteiger partial charge in [0.25, 0.3) is 0 Å². The van der Waals surface area contributed by atoms with E-state index in [2.05, 4.69) is 22.0 Å². The number of hydrogen-bond donors (Lipinski definition) is 1. The Morgan fingerprint density at radius 2 is 2.24 bits per heavy atom. The number of aryl methyl sites for hydroxylation is 1. The minimum Gasteiger partial charge on any atom is -0.496 e. The van der Waals surface area contributed by atoms with Gasteiger partial charge in [-0.05, 0) is 61.8 Å². The van der Waals surface area contributed by atoms with Crippen molar-refractivity contribution in [3.63, 3.8) is 0 Å². The van der Waals surface area contributed by atoms with Crippen LogP contribution in [0.5, 0.6) is 5.75 Å². The van der Waals surface area contributed by atoms with E-state index in [4.69, 9.17) is 10.5 Å². The van der Waals surface area contributed by atoms with Gasteiger partial charge in [0, 0.05) is 10.5 Å². The Morgan fingerprint density at radius 3 is 2.88 bits per heavy atom. The van der Waals surface area contributed by atoms with Gasteiger partial charge in [-0.25, -0.2) is 0 Å². The van der Waals surface area contributed by atoms with E-state index in [0.29, 0.717) is 6.04 Å². The van der Waals surface area contributed by atoms with Crippen LogP contribution in [0.1, 0.15) is 31.2 Å². The number of methoxy groups -OCH3 is 1. The van der Waals surface area contributed by atoms with Crippen molar-refractivity contribution in [1.82, 2.24) is 0 Å². The summed E-state index contributed by atoms with van der Waals surface area (Å²) in [6.07, 6.45) is 5.98. The highest BCUT2D eigenvalue weighted by Gasteiger charge is 2.27. The van der Waals surface area contributed by atoms with Gasteiger partial charge in [0.15, 0.2) is 0 Å². The lowest BCUT2D eigenvalue weighted by Gasteiger charge is -2.12. The predicted octanol–water partition coefficient (Wildman–Crippen LogP) is 3.52. The first-order valence-corrected chi connectivity index (χ1v) is 7.08. The van der Waals surface area contributed by atoms with Crippen LogP contribution in [0, 0.1) is 5.92 Å². The molecule has 1 aliphatic rings. The van der Waals surface area contributed by atoms with Crippen LogP contribution in [-0.2, 0) is 6.42 Å². The van der Waals surface area contributed by atoms with Gasteiger partial charge in [0.2, 0.25) is 0 Å². The van der Waals surface area contributed by atoms with Gasteiger partial charge in [0.1, 0.15) is 5.75 Å². The first kappa shape index (κ1) is 12.9. The zero-order valence-corrected chi connectivity index (χ0v) is 11.9. The average molecular weight is 298 g/mol. The number of rotatable bonds is 6. The van der Waals surface area contributed by atoms with Crippen molar-refractivity contribution in [1.29, 1.82) is 0 Å². The first-order chi connectivity index (χ1) is 8.20. The Hall–Kier alpha value is -0.540. The minimum atomic E-state index is 0.410. The lowest BCUT2D eigenvalue weighted by atomic mass is 10.0. The lowest BCUT2D eigenvalue weighted by molar-refractivity contribution is 0.408. The highest BCUT2D eigenvalue weighted by molar-refractivity contribution is 9.10. The molecule has 94 valence electrons. The monoisotopic (exact) mass is 297 g/mol. The van der Waals surface area contributed by atoms with Gasteiger partial charge in [-0.3, -0.25) is 0 Å². The largest absolute Gasteiger partial charge is 0.496 e. The summed E-state index contributed by atoms with van der Waals surface area (Å²) in [5, 5.41) is 0. The second kappa shape index (κ2) is 5.87. The fraction of sp³-hybridized carbons (Fsp3) is 0.571. The van der Waals surface area contributed by atoms with Crippen molar-refractivity contribution in [3.8, 4) is 5.75 Å². The molecule has 1 atom stereocenters. The molecule has 1 fully saturated rings. The highest BCUT2D eigenvalue weighted by atomic mass is 79.9. The molecule has 0 bridgehead atoms. The topological polar surface area (TPSA) is 35.2 Å². The summed E-state index contributed by atoms with van der Waals surface area (Å²) in [5.41, 5.74) is 7.37. The molecule has 17 heavy (non-hydrogen) atoms. The first-order valence-electron chi connectivity index (χ1n) is 6.28. The van der Waals surface area contributed by atoms with Gasteiger partial charge in [-0.2, -0.15) is 0 Å². The summed E-state index contributed by atoms with van der Waals surface area (Å²) >= 11 is 3.50. The summed E-state index contributed by atoms with van der Waals surface area (Å²) in [5.74, 6) is 1.78. The van der Waals surface area contributed by atoms with Gasteiger partial charge in [0.05, 0.1) is 7.11 Å². The predicted molar refractivity (Wildman–Crippen MR) is 74.3 cm³/mol. The Kier molecular flexibility index (Phi) is 4.46. The molecule has 0 radical (unpaired) electrons. The second-order valence-electron chi connectivity index (χ2n) is 4.85. The van der Waals surface area contributed by atoms with Crippen LogP contribution in [0.15, 0.2) is 22.7 Å². The van der Waals surface area contributed by atoms with E-state index in [9.17, 15) is 0 Å². The number of ether oxygens (including phenoxy) is 1. The molecule has 1 aromatic carbocycles. The third-order valence-electron chi connectivity index (χ3n) is 3.45. The zero-order valence-electron chi connectivity index (χ0n) is 10.3. The Labute approximate surface area is 112 Å². The molecule has 0 saturated heterocycles. The maximum Gasteiger partial charge on any atom is 0.122 e. The second-order valence-corrected chi connectivity index (χ2v) is 5.77. The van der Waals surface area contributed by atoms with Gasteiger partial charge >= 0.3 is 0 Å². The minimum absolute atomic E-state index is 0.410. The standard InChI is InChI=1S/C14H20BrNO/c1-17-14-8-7-12(15)9-11(14)3-2-4-13(16)10-5-6-10/h7-10,13H,2-6,16H2,1H3. The maximum absolute atomic E-state index is 6.10. The third-order valence-corrected chi connectivity index (χ3v) is 3.95.